The largest absolute Gasteiger partial charge is 0.546 e. The number of non-ortho nitro benzene ring substituents is 1. The molecule has 0 atom stereocenters. The number of carboxylic acids is 1. The van der Waals surface area contributed by atoms with Crippen molar-refractivity contribution in [3.8, 4) is 5.75 Å². The summed E-state index contributed by atoms with van der Waals surface area (Å²) in [5.41, 5.74) is 0.423. The summed E-state index contributed by atoms with van der Waals surface area (Å²) in [4.78, 5) is 48.2. The van der Waals surface area contributed by atoms with E-state index in [0.717, 1.165) is 4.90 Å². The van der Waals surface area contributed by atoms with Gasteiger partial charge in [0.2, 0.25) is 0 Å². The zero-order valence-electron chi connectivity index (χ0n) is 14.7. The van der Waals surface area contributed by atoms with Crippen molar-refractivity contribution in [3.05, 3.63) is 75.8 Å². The Morgan fingerprint density at radius 3 is 2.24 bits per heavy atom. The number of amides is 2. The monoisotopic (exact) mass is 391 g/mol. The zero-order valence-corrected chi connectivity index (χ0v) is 14.7. The Hall–Kier alpha value is -4.27. The second-order valence-corrected chi connectivity index (χ2v) is 6.22. The fraction of sp³-hybridized carbons (Fsp3) is 0.0500. The predicted molar refractivity (Wildman–Crippen MR) is 98.7 cm³/mol. The number of rotatable bonds is 5. The van der Waals surface area contributed by atoms with Crippen LogP contribution in [0.4, 0.5) is 11.4 Å². The van der Waals surface area contributed by atoms with Crippen LogP contribution in [-0.4, -0.2) is 29.3 Å². The molecule has 2 amide bonds. The van der Waals surface area contributed by atoms with Crippen LogP contribution < -0.4 is 14.7 Å². The lowest BCUT2D eigenvalue weighted by atomic mass is 9.93. The lowest BCUT2D eigenvalue weighted by molar-refractivity contribution is -0.383. The molecule has 0 spiro atoms. The highest BCUT2D eigenvalue weighted by molar-refractivity contribution is 6.36. The van der Waals surface area contributed by atoms with Crippen LogP contribution in [0.5, 0.6) is 5.75 Å². The van der Waals surface area contributed by atoms with E-state index in [1.54, 1.807) is 0 Å². The summed E-state index contributed by atoms with van der Waals surface area (Å²) in [7, 11) is 0. The minimum Gasteiger partial charge on any atom is -0.546 e. The van der Waals surface area contributed by atoms with E-state index in [-0.39, 0.29) is 39.0 Å². The van der Waals surface area contributed by atoms with Crippen molar-refractivity contribution in [2.75, 3.05) is 11.5 Å². The van der Waals surface area contributed by atoms with E-state index >= 15 is 0 Å². The van der Waals surface area contributed by atoms with Crippen LogP contribution in [-0.2, 0) is 4.79 Å². The average Bonchev–Trinajstić information content (AvgIpc) is 2.70. The molecule has 3 aromatic rings. The van der Waals surface area contributed by atoms with Gasteiger partial charge in [-0.1, -0.05) is 6.07 Å². The molecule has 4 rings (SSSR count). The Labute approximate surface area is 162 Å². The van der Waals surface area contributed by atoms with Crippen LogP contribution >= 0.6 is 0 Å². The first-order valence-electron chi connectivity index (χ1n) is 8.40. The first-order valence-corrected chi connectivity index (χ1v) is 8.40. The van der Waals surface area contributed by atoms with Gasteiger partial charge in [-0.15, -0.1) is 0 Å². The summed E-state index contributed by atoms with van der Waals surface area (Å²) in [6, 6.07) is 12.8. The lowest BCUT2D eigenvalue weighted by Crippen LogP contribution is -2.40. The standard InChI is InChI=1S/C20H12N2O7/c23-17(24)10-29-12-6-4-11(5-7-12)21-19(25)14-3-1-2-13-16(22(27)28)9-8-15(18(13)14)20(21)26/h1-9H,10H2,(H,23,24)/p-1. The highest BCUT2D eigenvalue weighted by Gasteiger charge is 2.35. The van der Waals surface area contributed by atoms with Crippen molar-refractivity contribution in [3.63, 3.8) is 0 Å². The van der Waals surface area contributed by atoms with Gasteiger partial charge in [0.1, 0.15) is 12.4 Å². The number of carbonyl (C=O) groups is 3. The number of carbonyl (C=O) groups excluding carboxylic acids is 3. The third-order valence-electron chi connectivity index (χ3n) is 4.53. The number of benzene rings is 3. The fourth-order valence-corrected chi connectivity index (χ4v) is 3.31. The molecule has 29 heavy (non-hydrogen) atoms. The summed E-state index contributed by atoms with van der Waals surface area (Å²) < 4.78 is 4.99. The van der Waals surface area contributed by atoms with E-state index in [4.69, 9.17) is 4.74 Å². The van der Waals surface area contributed by atoms with Crippen molar-refractivity contribution in [1.82, 2.24) is 0 Å². The molecule has 0 saturated heterocycles. The fourth-order valence-electron chi connectivity index (χ4n) is 3.31. The molecule has 9 heteroatoms. The van der Waals surface area contributed by atoms with Gasteiger partial charge < -0.3 is 14.6 Å². The maximum atomic E-state index is 13.0. The molecule has 3 aromatic carbocycles. The second-order valence-electron chi connectivity index (χ2n) is 6.22. The van der Waals surface area contributed by atoms with Crippen molar-refractivity contribution in [1.29, 1.82) is 0 Å². The maximum absolute atomic E-state index is 13.0. The van der Waals surface area contributed by atoms with Crippen LogP contribution in [0.15, 0.2) is 54.6 Å². The van der Waals surface area contributed by atoms with E-state index in [0.29, 0.717) is 0 Å². The first kappa shape index (κ1) is 18.1. The number of nitro benzene ring substituents is 1. The lowest BCUT2D eigenvalue weighted by Gasteiger charge is -2.27. The Kier molecular flexibility index (Phi) is 4.19. The van der Waals surface area contributed by atoms with Gasteiger partial charge in [0, 0.05) is 22.6 Å². The second kappa shape index (κ2) is 6.71. The summed E-state index contributed by atoms with van der Waals surface area (Å²) in [5.74, 6) is -2.38. The number of nitrogens with zero attached hydrogens (tertiary/aromatic N) is 2. The first-order chi connectivity index (χ1) is 13.9. The Morgan fingerprint density at radius 1 is 0.966 bits per heavy atom. The molecular weight excluding hydrogens is 380 g/mol. The smallest absolute Gasteiger partial charge is 0.277 e. The van der Waals surface area contributed by atoms with Crippen LogP contribution in [0, 0.1) is 10.1 Å². The highest BCUT2D eigenvalue weighted by atomic mass is 16.6. The topological polar surface area (TPSA) is 130 Å². The van der Waals surface area contributed by atoms with Crippen LogP contribution in [0.2, 0.25) is 0 Å². The van der Waals surface area contributed by atoms with Gasteiger partial charge in [0.25, 0.3) is 17.5 Å². The number of imide groups is 1. The van der Waals surface area contributed by atoms with Crippen molar-refractivity contribution in [2.45, 2.75) is 0 Å². The number of ether oxygens (including phenoxy) is 1. The van der Waals surface area contributed by atoms with Gasteiger partial charge in [-0.3, -0.25) is 19.7 Å². The van der Waals surface area contributed by atoms with Gasteiger partial charge in [-0.05, 0) is 42.5 Å². The molecule has 9 nitrogen and oxygen atoms in total. The third-order valence-corrected chi connectivity index (χ3v) is 4.53. The van der Waals surface area contributed by atoms with Gasteiger partial charge in [-0.25, -0.2) is 4.90 Å². The molecular formula is C20H11N2O7-. The van der Waals surface area contributed by atoms with E-state index in [1.165, 1.54) is 54.6 Å². The molecule has 0 aliphatic carbocycles. The number of aliphatic carboxylic acids is 1. The van der Waals surface area contributed by atoms with Gasteiger partial charge in [0.15, 0.2) is 0 Å². The predicted octanol–water partition coefficient (Wildman–Crippen LogP) is 1.68. The molecule has 0 bridgehead atoms. The van der Waals surface area contributed by atoms with Crippen LogP contribution in [0.3, 0.4) is 0 Å². The van der Waals surface area contributed by atoms with Gasteiger partial charge >= 0.3 is 0 Å². The summed E-state index contributed by atoms with van der Waals surface area (Å²) in [5, 5.41) is 22.2. The quantitative estimate of drug-likeness (QED) is 0.367. The molecule has 1 aliphatic rings. The molecule has 144 valence electrons. The van der Waals surface area contributed by atoms with E-state index in [9.17, 15) is 29.6 Å². The van der Waals surface area contributed by atoms with Gasteiger partial charge in [0.05, 0.1) is 22.0 Å². The molecule has 0 aromatic heterocycles. The molecule has 1 aliphatic heterocycles. The number of carboxylic acid groups (broad SMARTS) is 1. The molecule has 0 fully saturated rings. The number of nitro groups is 1. The Bertz CT molecular complexity index is 1180. The van der Waals surface area contributed by atoms with E-state index < -0.39 is 29.3 Å². The number of anilines is 1. The summed E-state index contributed by atoms with van der Waals surface area (Å²) >= 11 is 0. The number of hydrogen-bond acceptors (Lipinski definition) is 7. The van der Waals surface area contributed by atoms with E-state index in [1.807, 2.05) is 0 Å². The minimum absolute atomic E-state index is 0.179. The summed E-state index contributed by atoms with van der Waals surface area (Å²) in [6.07, 6.45) is 0. The normalized spacial score (nSPS) is 12.9. The third kappa shape index (κ3) is 2.94. The van der Waals surface area contributed by atoms with E-state index in [2.05, 4.69) is 0 Å². The Morgan fingerprint density at radius 2 is 1.62 bits per heavy atom. The average molecular weight is 391 g/mol. The molecule has 0 radical (unpaired) electrons. The Balaban J connectivity index is 1.78. The van der Waals surface area contributed by atoms with Crippen molar-refractivity contribution in [2.24, 2.45) is 0 Å². The highest BCUT2D eigenvalue weighted by Crippen LogP contribution is 2.37. The maximum Gasteiger partial charge on any atom is 0.277 e. The zero-order chi connectivity index (χ0) is 20.7. The van der Waals surface area contributed by atoms with Crippen molar-refractivity contribution >= 4 is 39.9 Å². The molecule has 0 N–H and O–H groups in total. The van der Waals surface area contributed by atoms with Gasteiger partial charge in [-0.2, -0.15) is 0 Å². The molecule has 0 unspecified atom stereocenters. The minimum atomic E-state index is -1.38. The summed E-state index contributed by atoms with van der Waals surface area (Å²) in [6.45, 7) is -0.630. The van der Waals surface area contributed by atoms with Crippen LogP contribution in [0.1, 0.15) is 20.7 Å². The number of hydrogen-bond donors (Lipinski definition) is 0. The van der Waals surface area contributed by atoms with Crippen LogP contribution in [0.25, 0.3) is 10.8 Å². The molecule has 0 saturated carbocycles. The SMILES string of the molecule is O=C([O-])COc1ccc(N2C(=O)c3cccc4c([N+](=O)[O-])ccc(c34)C2=O)cc1. The van der Waals surface area contributed by atoms with Crippen molar-refractivity contribution < 1.29 is 29.2 Å². The molecule has 1 heterocycles.